The van der Waals surface area contributed by atoms with Crippen molar-refractivity contribution in [2.24, 2.45) is 5.92 Å². The van der Waals surface area contributed by atoms with E-state index in [2.05, 4.69) is 10.2 Å². The van der Waals surface area contributed by atoms with Crippen LogP contribution in [0.5, 0.6) is 0 Å². The second-order valence-electron chi connectivity index (χ2n) is 4.90. The molecule has 20 heavy (non-hydrogen) atoms. The molecule has 1 fully saturated rings. The summed E-state index contributed by atoms with van der Waals surface area (Å²) in [5.41, 5.74) is 1.52. The zero-order valence-corrected chi connectivity index (χ0v) is 10.7. The fourth-order valence-electron chi connectivity index (χ4n) is 2.35. The van der Waals surface area contributed by atoms with Gasteiger partial charge in [-0.25, -0.2) is 4.39 Å². The van der Waals surface area contributed by atoms with Crippen LogP contribution in [-0.4, -0.2) is 34.4 Å². The average molecular weight is 275 g/mol. The first-order valence-electron chi connectivity index (χ1n) is 6.40. The Bertz CT molecular complexity index is 624. The zero-order chi connectivity index (χ0) is 14.1. The van der Waals surface area contributed by atoms with E-state index in [1.807, 2.05) is 0 Å². The number of aromatic amines is 1. The normalized spacial score (nSPS) is 18.8. The Morgan fingerprint density at radius 1 is 1.40 bits per heavy atom. The smallest absolute Gasteiger partial charge is 0.228 e. The summed E-state index contributed by atoms with van der Waals surface area (Å²) >= 11 is 0. The van der Waals surface area contributed by atoms with E-state index in [0.717, 1.165) is 11.3 Å². The molecule has 0 saturated carbocycles. The molecule has 2 aromatic rings. The monoisotopic (exact) mass is 275 g/mol. The van der Waals surface area contributed by atoms with Gasteiger partial charge in [0.1, 0.15) is 5.82 Å². The average Bonchev–Trinajstić information content (AvgIpc) is 3.06. The fourth-order valence-corrected chi connectivity index (χ4v) is 2.35. The standard InChI is InChI=1S/C14H14FN3O2/c15-11-3-1-10(2-4-11)12-6-13(17-16-12)18-7-9(8-19)5-14(18)20/h1-4,6,9,19H,5,7-8H2,(H,16,17). The lowest BCUT2D eigenvalue weighted by atomic mass is 10.1. The first-order valence-corrected chi connectivity index (χ1v) is 6.40. The molecule has 104 valence electrons. The number of nitrogens with zero attached hydrogens (tertiary/aromatic N) is 2. The van der Waals surface area contributed by atoms with Gasteiger partial charge in [0.15, 0.2) is 5.82 Å². The summed E-state index contributed by atoms with van der Waals surface area (Å²) in [6.45, 7) is 0.473. The van der Waals surface area contributed by atoms with Gasteiger partial charge in [-0.2, -0.15) is 5.10 Å². The Kier molecular flexibility index (Phi) is 3.23. The lowest BCUT2D eigenvalue weighted by Gasteiger charge is -2.11. The number of amides is 1. The molecule has 2 heterocycles. The van der Waals surface area contributed by atoms with Crippen LogP contribution < -0.4 is 4.90 Å². The summed E-state index contributed by atoms with van der Waals surface area (Å²) in [7, 11) is 0. The van der Waals surface area contributed by atoms with Gasteiger partial charge in [-0.15, -0.1) is 0 Å². The van der Waals surface area contributed by atoms with Gasteiger partial charge in [-0.3, -0.25) is 14.8 Å². The van der Waals surface area contributed by atoms with Crippen LogP contribution in [0.4, 0.5) is 10.2 Å². The number of carbonyl (C=O) groups is 1. The van der Waals surface area contributed by atoms with Crippen molar-refractivity contribution in [3.8, 4) is 11.3 Å². The summed E-state index contributed by atoms with van der Waals surface area (Å²) in [6.07, 6.45) is 0.343. The number of aliphatic hydroxyl groups is 1. The number of aromatic nitrogens is 2. The van der Waals surface area contributed by atoms with Gasteiger partial charge in [-0.1, -0.05) is 0 Å². The molecule has 1 atom stereocenters. The van der Waals surface area contributed by atoms with Crippen LogP contribution in [0.1, 0.15) is 6.42 Å². The van der Waals surface area contributed by atoms with Gasteiger partial charge in [-0.05, 0) is 29.8 Å². The van der Waals surface area contributed by atoms with Crippen LogP contribution in [-0.2, 0) is 4.79 Å². The van der Waals surface area contributed by atoms with E-state index in [0.29, 0.717) is 18.8 Å². The summed E-state index contributed by atoms with van der Waals surface area (Å²) in [4.78, 5) is 13.4. The molecule has 5 nitrogen and oxygen atoms in total. The van der Waals surface area contributed by atoms with Crippen molar-refractivity contribution in [1.29, 1.82) is 0 Å². The quantitative estimate of drug-likeness (QED) is 0.893. The lowest BCUT2D eigenvalue weighted by Crippen LogP contribution is -2.25. The van der Waals surface area contributed by atoms with E-state index in [1.165, 1.54) is 12.1 Å². The maximum absolute atomic E-state index is 12.9. The number of hydrogen-bond acceptors (Lipinski definition) is 3. The molecular formula is C14H14FN3O2. The first-order chi connectivity index (χ1) is 9.67. The maximum atomic E-state index is 12.9. The number of hydrogen-bond donors (Lipinski definition) is 2. The molecule has 6 heteroatoms. The predicted octanol–water partition coefficient (Wildman–Crippen LogP) is 1.56. The highest BCUT2D eigenvalue weighted by molar-refractivity contribution is 5.95. The van der Waals surface area contributed by atoms with Crippen LogP contribution in [0.25, 0.3) is 11.3 Å². The highest BCUT2D eigenvalue weighted by Crippen LogP contribution is 2.27. The molecule has 1 aromatic heterocycles. The maximum Gasteiger partial charge on any atom is 0.228 e. The Balaban J connectivity index is 1.83. The molecule has 0 bridgehead atoms. The van der Waals surface area contributed by atoms with Crippen molar-refractivity contribution >= 4 is 11.7 Å². The van der Waals surface area contributed by atoms with E-state index < -0.39 is 0 Å². The van der Waals surface area contributed by atoms with E-state index >= 15 is 0 Å². The number of nitrogens with one attached hydrogen (secondary N) is 1. The SMILES string of the molecule is O=C1CC(CO)CN1c1cc(-c2ccc(F)cc2)[nH]n1. The van der Waals surface area contributed by atoms with Crippen LogP contribution in [0, 0.1) is 11.7 Å². The van der Waals surface area contributed by atoms with E-state index in [4.69, 9.17) is 5.11 Å². The third-order valence-corrected chi connectivity index (χ3v) is 3.46. The predicted molar refractivity (Wildman–Crippen MR) is 71.5 cm³/mol. The highest BCUT2D eigenvalue weighted by atomic mass is 19.1. The number of aliphatic hydroxyl groups excluding tert-OH is 1. The number of rotatable bonds is 3. The van der Waals surface area contributed by atoms with Gasteiger partial charge >= 0.3 is 0 Å². The first kappa shape index (κ1) is 12.8. The van der Waals surface area contributed by atoms with Crippen molar-refractivity contribution in [1.82, 2.24) is 10.2 Å². The van der Waals surface area contributed by atoms with E-state index in [1.54, 1.807) is 23.1 Å². The Labute approximate surface area is 115 Å². The summed E-state index contributed by atoms with van der Waals surface area (Å²) in [6, 6.07) is 7.80. The number of anilines is 1. The van der Waals surface area contributed by atoms with Crippen LogP contribution in [0.15, 0.2) is 30.3 Å². The van der Waals surface area contributed by atoms with Crippen molar-refractivity contribution in [3.05, 3.63) is 36.1 Å². The Morgan fingerprint density at radius 3 is 2.80 bits per heavy atom. The van der Waals surface area contributed by atoms with Crippen molar-refractivity contribution < 1.29 is 14.3 Å². The molecule has 1 aromatic carbocycles. The van der Waals surface area contributed by atoms with Gasteiger partial charge < -0.3 is 5.11 Å². The van der Waals surface area contributed by atoms with Gasteiger partial charge in [0.2, 0.25) is 5.91 Å². The van der Waals surface area contributed by atoms with Gasteiger partial charge in [0, 0.05) is 31.6 Å². The summed E-state index contributed by atoms with van der Waals surface area (Å²) in [5.74, 6) is 0.161. The van der Waals surface area contributed by atoms with Crippen molar-refractivity contribution in [3.63, 3.8) is 0 Å². The fraction of sp³-hybridized carbons (Fsp3) is 0.286. The topological polar surface area (TPSA) is 69.2 Å². The molecule has 1 saturated heterocycles. The van der Waals surface area contributed by atoms with Crippen molar-refractivity contribution in [2.75, 3.05) is 18.1 Å². The van der Waals surface area contributed by atoms with Crippen LogP contribution in [0.2, 0.25) is 0 Å². The van der Waals surface area contributed by atoms with Crippen LogP contribution in [0.3, 0.4) is 0 Å². The number of carbonyl (C=O) groups excluding carboxylic acids is 1. The second kappa shape index (κ2) is 5.05. The lowest BCUT2D eigenvalue weighted by molar-refractivity contribution is -0.117. The number of benzene rings is 1. The third kappa shape index (κ3) is 2.30. The minimum absolute atomic E-state index is 0.00250. The minimum Gasteiger partial charge on any atom is -0.396 e. The molecule has 3 rings (SSSR count). The molecule has 1 unspecified atom stereocenters. The van der Waals surface area contributed by atoms with Crippen LogP contribution >= 0.6 is 0 Å². The molecule has 1 amide bonds. The Hall–Kier alpha value is -2.21. The van der Waals surface area contributed by atoms with Crippen molar-refractivity contribution in [2.45, 2.75) is 6.42 Å². The highest BCUT2D eigenvalue weighted by Gasteiger charge is 2.31. The van der Waals surface area contributed by atoms with Gasteiger partial charge in [0.25, 0.3) is 0 Å². The molecule has 0 aliphatic carbocycles. The molecule has 0 spiro atoms. The van der Waals surface area contributed by atoms with E-state index in [9.17, 15) is 9.18 Å². The second-order valence-corrected chi connectivity index (χ2v) is 4.90. The summed E-state index contributed by atoms with van der Waals surface area (Å²) in [5, 5.41) is 16.1. The minimum atomic E-state index is -0.297. The summed E-state index contributed by atoms with van der Waals surface area (Å²) < 4.78 is 12.9. The Morgan fingerprint density at radius 2 is 2.15 bits per heavy atom. The molecule has 1 aliphatic rings. The zero-order valence-electron chi connectivity index (χ0n) is 10.7. The third-order valence-electron chi connectivity index (χ3n) is 3.46. The molecule has 2 N–H and O–H groups in total. The largest absolute Gasteiger partial charge is 0.396 e. The number of H-pyrrole nitrogens is 1. The van der Waals surface area contributed by atoms with Gasteiger partial charge in [0.05, 0.1) is 5.69 Å². The molecule has 1 aliphatic heterocycles. The molecule has 0 radical (unpaired) electrons. The molecular weight excluding hydrogens is 261 g/mol. The van der Waals surface area contributed by atoms with E-state index in [-0.39, 0.29) is 24.2 Å². The number of halogens is 1.